The van der Waals surface area contributed by atoms with Crippen molar-refractivity contribution in [2.75, 3.05) is 18.9 Å². The molecule has 0 aliphatic rings. The zero-order valence-electron chi connectivity index (χ0n) is 11.3. The molecule has 0 saturated carbocycles. The number of nitrogens with zero attached hydrogens (tertiary/aromatic N) is 1. The minimum absolute atomic E-state index is 0.0595. The number of carbonyl (C=O) groups excluding carboxylic acids is 1. The molecule has 0 bridgehead atoms. The number of hydrogen-bond donors (Lipinski definition) is 3. The van der Waals surface area contributed by atoms with Gasteiger partial charge in [0.1, 0.15) is 5.69 Å². The smallest absolute Gasteiger partial charge is 0.269 e. The van der Waals surface area contributed by atoms with Gasteiger partial charge < -0.3 is 16.4 Å². The first-order chi connectivity index (χ1) is 8.54. The summed E-state index contributed by atoms with van der Waals surface area (Å²) in [5.41, 5.74) is 6.87. The number of anilines is 1. The van der Waals surface area contributed by atoms with E-state index in [1.807, 2.05) is 6.07 Å². The number of hydrogen-bond acceptors (Lipinski definition) is 4. The molecule has 1 aromatic rings. The van der Waals surface area contributed by atoms with E-state index in [1.54, 1.807) is 19.3 Å². The zero-order valence-corrected chi connectivity index (χ0v) is 11.3. The van der Waals surface area contributed by atoms with E-state index in [0.29, 0.717) is 12.2 Å². The lowest BCUT2D eigenvalue weighted by Gasteiger charge is -2.30. The van der Waals surface area contributed by atoms with Crippen LogP contribution in [0.2, 0.25) is 0 Å². The van der Waals surface area contributed by atoms with Gasteiger partial charge >= 0.3 is 0 Å². The van der Waals surface area contributed by atoms with E-state index in [0.717, 1.165) is 18.5 Å². The summed E-state index contributed by atoms with van der Waals surface area (Å²) < 4.78 is 0. The van der Waals surface area contributed by atoms with Crippen LogP contribution in [0.4, 0.5) is 5.69 Å². The highest BCUT2D eigenvalue weighted by atomic mass is 16.1. The molecule has 5 heteroatoms. The van der Waals surface area contributed by atoms with Gasteiger partial charge in [-0.15, -0.1) is 0 Å². The summed E-state index contributed by atoms with van der Waals surface area (Å²) in [6, 6.07) is 3.61. The molecule has 1 atom stereocenters. The molecule has 1 unspecified atom stereocenters. The number of amides is 1. The molecule has 1 heterocycles. The molecular weight excluding hydrogens is 228 g/mol. The molecule has 0 saturated heterocycles. The lowest BCUT2D eigenvalue weighted by atomic mass is 9.94. The van der Waals surface area contributed by atoms with Crippen LogP contribution in [0.1, 0.15) is 37.2 Å². The molecular formula is C13H22N4O. The molecule has 0 aliphatic heterocycles. The third-order valence-electron chi connectivity index (χ3n) is 3.14. The Kier molecular flexibility index (Phi) is 5.09. The summed E-state index contributed by atoms with van der Waals surface area (Å²) in [4.78, 5) is 15.5. The highest BCUT2D eigenvalue weighted by Gasteiger charge is 2.20. The fraction of sp³-hybridized carbons (Fsp3) is 0.538. The van der Waals surface area contributed by atoms with Gasteiger partial charge in [-0.25, -0.2) is 0 Å². The van der Waals surface area contributed by atoms with Crippen molar-refractivity contribution in [2.45, 2.75) is 32.2 Å². The Bertz CT molecular complexity index is 408. The molecule has 1 amide bonds. The molecule has 5 nitrogen and oxygen atoms in total. The average Bonchev–Trinajstić information content (AvgIpc) is 2.38. The van der Waals surface area contributed by atoms with Gasteiger partial charge in [0.15, 0.2) is 0 Å². The highest BCUT2D eigenvalue weighted by molar-refractivity contribution is 5.92. The molecule has 0 spiro atoms. The van der Waals surface area contributed by atoms with Crippen LogP contribution in [0, 0.1) is 0 Å². The quantitative estimate of drug-likeness (QED) is 0.712. The van der Waals surface area contributed by atoms with Crippen LogP contribution in [-0.4, -0.2) is 30.0 Å². The van der Waals surface area contributed by atoms with Crippen LogP contribution in [-0.2, 0) is 0 Å². The predicted molar refractivity (Wildman–Crippen MR) is 73.6 cm³/mol. The Labute approximate surface area is 108 Å². The van der Waals surface area contributed by atoms with E-state index >= 15 is 0 Å². The summed E-state index contributed by atoms with van der Waals surface area (Å²) >= 11 is 0. The molecule has 100 valence electrons. The lowest BCUT2D eigenvalue weighted by molar-refractivity contribution is 0.0958. The summed E-state index contributed by atoms with van der Waals surface area (Å²) in [7, 11) is 1.59. The van der Waals surface area contributed by atoms with Crippen molar-refractivity contribution in [3.8, 4) is 0 Å². The third-order valence-corrected chi connectivity index (χ3v) is 3.14. The van der Waals surface area contributed by atoms with Crippen LogP contribution in [0.5, 0.6) is 0 Å². The molecule has 0 aromatic carbocycles. The predicted octanol–water partition coefficient (Wildman–Crippen LogP) is 1.37. The maximum Gasteiger partial charge on any atom is 0.269 e. The second-order valence-corrected chi connectivity index (χ2v) is 4.59. The molecule has 1 aromatic heterocycles. The second-order valence-electron chi connectivity index (χ2n) is 4.59. The Morgan fingerprint density at radius 2 is 2.28 bits per heavy atom. The van der Waals surface area contributed by atoms with Crippen molar-refractivity contribution < 1.29 is 4.79 Å². The largest absolute Gasteiger partial charge is 0.380 e. The molecule has 0 radical (unpaired) electrons. The third kappa shape index (κ3) is 3.70. The number of rotatable bonds is 6. The van der Waals surface area contributed by atoms with Crippen molar-refractivity contribution in [3.05, 3.63) is 24.0 Å². The zero-order chi connectivity index (χ0) is 13.6. The van der Waals surface area contributed by atoms with Gasteiger partial charge in [0, 0.05) is 24.5 Å². The molecule has 0 fully saturated rings. The summed E-state index contributed by atoms with van der Waals surface area (Å²) in [5.74, 6) is -0.185. The molecule has 18 heavy (non-hydrogen) atoms. The fourth-order valence-corrected chi connectivity index (χ4v) is 1.76. The maximum absolute atomic E-state index is 11.5. The molecule has 4 N–H and O–H groups in total. The normalized spacial score (nSPS) is 13.8. The fourth-order valence-electron chi connectivity index (χ4n) is 1.76. The van der Waals surface area contributed by atoms with E-state index in [2.05, 4.69) is 29.5 Å². The standard InChI is InChI=1S/C13H22N4O/c1-4-13(2,6-7-14)17-10-5-8-16-11(9-10)12(18)15-3/h5,8-9H,4,6-7,14H2,1-3H3,(H,15,18)(H,16,17). The van der Waals surface area contributed by atoms with Gasteiger partial charge in [0.05, 0.1) is 0 Å². The van der Waals surface area contributed by atoms with E-state index in [4.69, 9.17) is 5.73 Å². The van der Waals surface area contributed by atoms with Crippen molar-refractivity contribution in [3.63, 3.8) is 0 Å². The molecule has 1 rings (SSSR count). The van der Waals surface area contributed by atoms with Gasteiger partial charge in [0.2, 0.25) is 0 Å². The van der Waals surface area contributed by atoms with Gasteiger partial charge in [-0.05, 0) is 38.4 Å². The van der Waals surface area contributed by atoms with Crippen molar-refractivity contribution in [2.24, 2.45) is 5.73 Å². The SMILES string of the molecule is CCC(C)(CCN)Nc1ccnc(C(=O)NC)c1. The summed E-state index contributed by atoms with van der Waals surface area (Å²) in [6.07, 6.45) is 3.47. The van der Waals surface area contributed by atoms with Crippen LogP contribution >= 0.6 is 0 Å². The van der Waals surface area contributed by atoms with E-state index < -0.39 is 0 Å². The lowest BCUT2D eigenvalue weighted by Crippen LogP contribution is -2.36. The van der Waals surface area contributed by atoms with Crippen molar-refractivity contribution in [1.29, 1.82) is 0 Å². The maximum atomic E-state index is 11.5. The Balaban J connectivity index is 2.87. The Hall–Kier alpha value is -1.62. The van der Waals surface area contributed by atoms with Gasteiger partial charge in [-0.3, -0.25) is 9.78 Å². The monoisotopic (exact) mass is 250 g/mol. The Morgan fingerprint density at radius 3 is 2.83 bits per heavy atom. The topological polar surface area (TPSA) is 80.0 Å². The second kappa shape index (κ2) is 6.35. The number of nitrogens with two attached hydrogens (primary N) is 1. The van der Waals surface area contributed by atoms with E-state index in [9.17, 15) is 4.79 Å². The van der Waals surface area contributed by atoms with Crippen molar-refractivity contribution >= 4 is 11.6 Å². The number of nitrogens with one attached hydrogen (secondary N) is 2. The Morgan fingerprint density at radius 1 is 1.56 bits per heavy atom. The van der Waals surface area contributed by atoms with Crippen LogP contribution < -0.4 is 16.4 Å². The first-order valence-electron chi connectivity index (χ1n) is 6.21. The molecule has 0 aliphatic carbocycles. The number of pyridine rings is 1. The van der Waals surface area contributed by atoms with E-state index in [-0.39, 0.29) is 11.4 Å². The van der Waals surface area contributed by atoms with Gasteiger partial charge in [-0.1, -0.05) is 6.92 Å². The van der Waals surface area contributed by atoms with Gasteiger partial charge in [-0.2, -0.15) is 0 Å². The minimum atomic E-state index is -0.185. The highest BCUT2D eigenvalue weighted by Crippen LogP contribution is 2.21. The number of carbonyl (C=O) groups is 1. The minimum Gasteiger partial charge on any atom is -0.380 e. The van der Waals surface area contributed by atoms with Crippen molar-refractivity contribution in [1.82, 2.24) is 10.3 Å². The van der Waals surface area contributed by atoms with Gasteiger partial charge in [0.25, 0.3) is 5.91 Å². The van der Waals surface area contributed by atoms with E-state index in [1.165, 1.54) is 0 Å². The summed E-state index contributed by atoms with van der Waals surface area (Å²) in [5, 5.41) is 5.99. The first-order valence-corrected chi connectivity index (χ1v) is 6.21. The van der Waals surface area contributed by atoms with Crippen LogP contribution in [0.15, 0.2) is 18.3 Å². The van der Waals surface area contributed by atoms with Crippen LogP contribution in [0.25, 0.3) is 0 Å². The first kappa shape index (κ1) is 14.4. The summed E-state index contributed by atoms with van der Waals surface area (Å²) in [6.45, 7) is 4.87. The van der Waals surface area contributed by atoms with Crippen LogP contribution in [0.3, 0.4) is 0 Å². The number of aromatic nitrogens is 1. The average molecular weight is 250 g/mol.